The molecule has 6 atom stereocenters. The molecule has 2 aliphatic rings. The first kappa shape index (κ1) is 31.7. The van der Waals surface area contributed by atoms with Crippen molar-refractivity contribution < 1.29 is 28.2 Å². The summed E-state index contributed by atoms with van der Waals surface area (Å²) in [6.07, 6.45) is -1.05. The number of esters is 1. The number of fused-ring (bicyclic) bond motifs is 1. The Balaban J connectivity index is 1.49. The topological polar surface area (TPSA) is 63.2 Å². The van der Waals surface area contributed by atoms with Crippen molar-refractivity contribution in [3.05, 3.63) is 132 Å². The molecule has 4 aromatic carbocycles. The third-order valence-corrected chi connectivity index (χ3v) is 14.4. The molecule has 4 aromatic rings. The van der Waals surface area contributed by atoms with Crippen LogP contribution in [-0.2, 0) is 23.4 Å². The van der Waals surface area contributed by atoms with E-state index in [1.807, 2.05) is 66.9 Å². The molecule has 45 heavy (non-hydrogen) atoms. The van der Waals surface area contributed by atoms with Gasteiger partial charge in [-0.25, -0.2) is 4.79 Å². The van der Waals surface area contributed by atoms with Gasteiger partial charge in [-0.05, 0) is 33.8 Å². The maximum Gasteiger partial charge on any atom is 0.338 e. The Morgan fingerprint density at radius 3 is 1.82 bits per heavy atom. The molecule has 0 aliphatic carbocycles. The molecular weight excluding hydrogens is 601 g/mol. The van der Waals surface area contributed by atoms with Gasteiger partial charge in [0.1, 0.15) is 23.7 Å². The molecule has 234 valence electrons. The molecule has 0 spiro atoms. The van der Waals surface area contributed by atoms with E-state index in [2.05, 4.69) is 69.3 Å². The molecular formula is C37H40O6SSi. The Hall–Kier alpha value is -3.24. The number of benzene rings is 4. The van der Waals surface area contributed by atoms with Crippen LogP contribution in [0.1, 0.15) is 43.0 Å². The summed E-state index contributed by atoms with van der Waals surface area (Å²) in [4.78, 5) is 13.7. The number of carbonyl (C=O) groups excluding carboxylic acids is 1. The fourth-order valence-electron chi connectivity index (χ4n) is 6.44. The SMILES string of the molecule is CS[C@@H]1OC2COC(c3ccccc3)O[C@@H]2[C@H](O[Si](c2ccccc2)(c2ccccc2)C(C)(C)C)C1OC(=O)c1ccccc1. The lowest BCUT2D eigenvalue weighted by Gasteiger charge is -2.53. The Labute approximate surface area is 271 Å². The second-order valence-corrected chi connectivity index (χ2v) is 17.6. The lowest BCUT2D eigenvalue weighted by molar-refractivity contribution is -0.315. The van der Waals surface area contributed by atoms with E-state index < -0.39 is 50.4 Å². The molecule has 2 saturated heterocycles. The molecule has 0 saturated carbocycles. The first-order chi connectivity index (χ1) is 21.8. The Bertz CT molecular complexity index is 1490. The molecule has 6 nitrogen and oxygen atoms in total. The molecule has 3 unspecified atom stereocenters. The second kappa shape index (κ2) is 13.6. The van der Waals surface area contributed by atoms with Gasteiger partial charge in [0.25, 0.3) is 8.32 Å². The van der Waals surface area contributed by atoms with Crippen LogP contribution in [0.15, 0.2) is 121 Å². The van der Waals surface area contributed by atoms with Gasteiger partial charge in [0.05, 0.1) is 12.2 Å². The van der Waals surface area contributed by atoms with Crippen LogP contribution in [0.25, 0.3) is 0 Å². The van der Waals surface area contributed by atoms with Gasteiger partial charge in [-0.1, -0.05) is 130 Å². The minimum absolute atomic E-state index is 0.309. The molecule has 0 radical (unpaired) electrons. The van der Waals surface area contributed by atoms with Gasteiger partial charge < -0.3 is 23.4 Å². The summed E-state index contributed by atoms with van der Waals surface area (Å²) in [5.74, 6) is -0.426. The highest BCUT2D eigenvalue weighted by molar-refractivity contribution is 7.99. The van der Waals surface area contributed by atoms with Crippen molar-refractivity contribution in [3.8, 4) is 0 Å². The summed E-state index contributed by atoms with van der Waals surface area (Å²) < 4.78 is 33.7. The molecule has 2 fully saturated rings. The number of rotatable bonds is 8. The smallest absolute Gasteiger partial charge is 0.338 e. The predicted molar refractivity (Wildman–Crippen MR) is 180 cm³/mol. The first-order valence-corrected chi connectivity index (χ1v) is 18.6. The third-order valence-electron chi connectivity index (χ3n) is 8.57. The zero-order chi connectivity index (χ0) is 31.4. The van der Waals surface area contributed by atoms with Crippen LogP contribution >= 0.6 is 11.8 Å². The van der Waals surface area contributed by atoms with Crippen molar-refractivity contribution >= 4 is 36.4 Å². The van der Waals surface area contributed by atoms with Crippen LogP contribution in [0.3, 0.4) is 0 Å². The first-order valence-electron chi connectivity index (χ1n) is 15.4. The van der Waals surface area contributed by atoms with E-state index in [0.717, 1.165) is 15.9 Å². The highest BCUT2D eigenvalue weighted by atomic mass is 32.2. The van der Waals surface area contributed by atoms with Crippen LogP contribution < -0.4 is 10.4 Å². The normalized spacial score (nSPS) is 25.2. The zero-order valence-electron chi connectivity index (χ0n) is 26.1. The van der Waals surface area contributed by atoms with Crippen LogP contribution in [0.4, 0.5) is 0 Å². The minimum atomic E-state index is -3.11. The molecule has 8 heteroatoms. The van der Waals surface area contributed by atoms with Crippen LogP contribution in [0, 0.1) is 0 Å². The molecule has 2 aliphatic heterocycles. The largest absolute Gasteiger partial charge is 0.452 e. The average molecular weight is 641 g/mol. The minimum Gasteiger partial charge on any atom is -0.452 e. The van der Waals surface area contributed by atoms with E-state index in [-0.39, 0.29) is 5.04 Å². The van der Waals surface area contributed by atoms with Crippen molar-refractivity contribution in [2.45, 2.75) is 62.0 Å². The third kappa shape index (κ3) is 6.41. The van der Waals surface area contributed by atoms with Gasteiger partial charge in [-0.15, -0.1) is 11.8 Å². The summed E-state index contributed by atoms with van der Waals surface area (Å²) >= 11 is 1.50. The average Bonchev–Trinajstić information content (AvgIpc) is 3.08. The number of carbonyl (C=O) groups is 1. The fourth-order valence-corrected chi connectivity index (χ4v) is 11.9. The van der Waals surface area contributed by atoms with Crippen molar-refractivity contribution in [1.82, 2.24) is 0 Å². The van der Waals surface area contributed by atoms with E-state index in [1.165, 1.54) is 11.8 Å². The molecule has 0 aromatic heterocycles. The molecule has 6 rings (SSSR count). The summed E-state index contributed by atoms with van der Waals surface area (Å²) in [6, 6.07) is 39.9. The highest BCUT2D eigenvalue weighted by Crippen LogP contribution is 2.44. The van der Waals surface area contributed by atoms with Crippen molar-refractivity contribution in [3.63, 3.8) is 0 Å². The molecule has 2 heterocycles. The van der Waals surface area contributed by atoms with Gasteiger partial charge in [-0.3, -0.25) is 0 Å². The molecule has 0 N–H and O–H groups in total. The summed E-state index contributed by atoms with van der Waals surface area (Å²) in [6.45, 7) is 7.04. The maximum absolute atomic E-state index is 13.7. The van der Waals surface area contributed by atoms with E-state index in [0.29, 0.717) is 12.2 Å². The van der Waals surface area contributed by atoms with Crippen molar-refractivity contribution in [2.75, 3.05) is 12.9 Å². The van der Waals surface area contributed by atoms with E-state index >= 15 is 0 Å². The number of ether oxygens (including phenoxy) is 4. The number of hydrogen-bond donors (Lipinski definition) is 0. The van der Waals surface area contributed by atoms with E-state index in [1.54, 1.807) is 12.1 Å². The number of hydrogen-bond acceptors (Lipinski definition) is 7. The predicted octanol–water partition coefficient (Wildman–Crippen LogP) is 6.36. The van der Waals surface area contributed by atoms with Gasteiger partial charge >= 0.3 is 5.97 Å². The van der Waals surface area contributed by atoms with Crippen LogP contribution in [0.5, 0.6) is 0 Å². The lowest BCUT2D eigenvalue weighted by Crippen LogP contribution is -2.72. The standard InChI is InChI=1S/C37H40O6SSi/c1-37(2,3)45(28-21-13-7-14-22-28,29-23-15-8-16-24-29)43-32-31-30(25-39-35(42-31)27-19-11-6-12-20-27)40-36(44-4)33(32)41-34(38)26-17-9-5-10-18-26/h5-24,30-33,35-36H,25H2,1-4H3/t30?,31-,32-,33?,35?,36-/m0/s1. The lowest BCUT2D eigenvalue weighted by atomic mass is 9.98. The zero-order valence-corrected chi connectivity index (χ0v) is 27.9. The van der Waals surface area contributed by atoms with Crippen LogP contribution in [-0.4, -0.2) is 57.0 Å². The van der Waals surface area contributed by atoms with Gasteiger partial charge in [-0.2, -0.15) is 0 Å². The van der Waals surface area contributed by atoms with Gasteiger partial charge in [0.15, 0.2) is 12.4 Å². The quantitative estimate of drug-likeness (QED) is 0.164. The summed E-state index contributed by atoms with van der Waals surface area (Å²) in [5, 5.41) is 1.95. The van der Waals surface area contributed by atoms with Crippen molar-refractivity contribution in [2.24, 2.45) is 0 Å². The fraction of sp³-hybridized carbons (Fsp3) is 0.324. The second-order valence-electron chi connectivity index (χ2n) is 12.4. The molecule has 0 amide bonds. The van der Waals surface area contributed by atoms with Crippen LogP contribution in [0.2, 0.25) is 5.04 Å². The van der Waals surface area contributed by atoms with E-state index in [4.69, 9.17) is 23.4 Å². The Kier molecular flexibility index (Phi) is 9.61. The van der Waals surface area contributed by atoms with E-state index in [9.17, 15) is 4.79 Å². The molecule has 0 bridgehead atoms. The van der Waals surface area contributed by atoms with Gasteiger partial charge in [0, 0.05) is 5.56 Å². The Morgan fingerprint density at radius 2 is 1.29 bits per heavy atom. The number of thioether (sulfide) groups is 1. The Morgan fingerprint density at radius 1 is 0.756 bits per heavy atom. The van der Waals surface area contributed by atoms with Gasteiger partial charge in [0.2, 0.25) is 0 Å². The monoisotopic (exact) mass is 640 g/mol. The maximum atomic E-state index is 13.7. The summed E-state index contributed by atoms with van der Waals surface area (Å²) in [5.41, 5.74) is 0.881. The van der Waals surface area contributed by atoms with Crippen molar-refractivity contribution in [1.29, 1.82) is 0 Å². The highest BCUT2D eigenvalue weighted by Gasteiger charge is 2.59. The summed E-state index contributed by atoms with van der Waals surface area (Å²) in [7, 11) is -3.11.